The van der Waals surface area contributed by atoms with Crippen molar-refractivity contribution in [2.24, 2.45) is 0 Å². The zero-order chi connectivity index (χ0) is 14.0. The van der Waals surface area contributed by atoms with Crippen molar-refractivity contribution in [3.63, 3.8) is 0 Å². The van der Waals surface area contributed by atoms with E-state index in [9.17, 15) is 9.90 Å². The number of carbonyl (C=O) groups is 1. The molecule has 0 atom stereocenters. The van der Waals surface area contributed by atoms with E-state index in [2.05, 4.69) is 29.1 Å². The zero-order valence-electron chi connectivity index (χ0n) is 11.4. The molecule has 0 bridgehead atoms. The van der Waals surface area contributed by atoms with Crippen LogP contribution in [-0.4, -0.2) is 50.6 Å². The molecule has 1 aromatic heterocycles. The van der Waals surface area contributed by atoms with Crippen LogP contribution in [0.25, 0.3) is 11.0 Å². The Labute approximate surface area is 111 Å². The van der Waals surface area contributed by atoms with Crippen molar-refractivity contribution in [3.05, 3.63) is 23.8 Å². The number of benzene rings is 1. The highest BCUT2D eigenvalue weighted by atomic mass is 16.4. The molecule has 102 valence electrons. The van der Waals surface area contributed by atoms with Crippen molar-refractivity contribution in [1.29, 1.82) is 0 Å². The van der Waals surface area contributed by atoms with Gasteiger partial charge < -0.3 is 10.0 Å². The molecule has 1 heterocycles. The molecule has 6 nitrogen and oxygen atoms in total. The fourth-order valence-electron chi connectivity index (χ4n) is 1.87. The number of likely N-dealkylation sites (N-methyl/N-ethyl adjacent to an activating group) is 1. The number of nitrogens with zero attached hydrogens (tertiary/aromatic N) is 4. The van der Waals surface area contributed by atoms with E-state index in [0.717, 1.165) is 6.54 Å². The average molecular weight is 262 g/mol. The zero-order valence-corrected chi connectivity index (χ0v) is 11.4. The first-order valence-corrected chi connectivity index (χ1v) is 6.26. The SMILES string of the molecule is CC(C)N(C)CCn1nnc2cccc(C(=O)O)c21. The highest BCUT2D eigenvalue weighted by molar-refractivity contribution is 6.00. The minimum Gasteiger partial charge on any atom is -0.478 e. The molecule has 0 saturated heterocycles. The molecule has 6 heteroatoms. The van der Waals surface area contributed by atoms with Crippen molar-refractivity contribution in [2.75, 3.05) is 13.6 Å². The predicted octanol–water partition coefficient (Wildman–Crippen LogP) is 1.47. The molecule has 0 fully saturated rings. The third-order valence-corrected chi connectivity index (χ3v) is 3.31. The van der Waals surface area contributed by atoms with Crippen LogP contribution >= 0.6 is 0 Å². The number of carboxylic acids is 1. The first-order chi connectivity index (χ1) is 9.00. The second-order valence-corrected chi connectivity index (χ2v) is 4.87. The molecule has 0 aliphatic heterocycles. The van der Waals surface area contributed by atoms with Gasteiger partial charge in [0.15, 0.2) is 0 Å². The molecular formula is C13H18N4O2. The van der Waals surface area contributed by atoms with Gasteiger partial charge in [-0.1, -0.05) is 11.3 Å². The van der Waals surface area contributed by atoms with Crippen LogP contribution in [-0.2, 0) is 6.54 Å². The lowest BCUT2D eigenvalue weighted by Crippen LogP contribution is -2.30. The van der Waals surface area contributed by atoms with E-state index < -0.39 is 5.97 Å². The van der Waals surface area contributed by atoms with Gasteiger partial charge in [0.2, 0.25) is 0 Å². The van der Waals surface area contributed by atoms with E-state index in [1.165, 1.54) is 0 Å². The maximum absolute atomic E-state index is 11.2. The summed E-state index contributed by atoms with van der Waals surface area (Å²) in [6.45, 7) is 5.64. The first kappa shape index (κ1) is 13.5. The van der Waals surface area contributed by atoms with Crippen LogP contribution in [0.4, 0.5) is 0 Å². The maximum Gasteiger partial charge on any atom is 0.337 e. The number of fused-ring (bicyclic) bond motifs is 1. The van der Waals surface area contributed by atoms with E-state index >= 15 is 0 Å². The standard InChI is InChI=1S/C13H18N4O2/c1-9(2)16(3)7-8-17-12-10(13(18)19)5-4-6-11(12)14-15-17/h4-6,9H,7-8H2,1-3H3,(H,18,19). The van der Waals surface area contributed by atoms with Crippen molar-refractivity contribution in [3.8, 4) is 0 Å². The number of rotatable bonds is 5. The van der Waals surface area contributed by atoms with Crippen LogP contribution < -0.4 is 0 Å². The van der Waals surface area contributed by atoms with Gasteiger partial charge in [0.05, 0.1) is 12.1 Å². The number of hydrogen-bond donors (Lipinski definition) is 1. The molecular weight excluding hydrogens is 244 g/mol. The van der Waals surface area contributed by atoms with Crippen LogP contribution in [0.15, 0.2) is 18.2 Å². The summed E-state index contributed by atoms with van der Waals surface area (Å²) >= 11 is 0. The molecule has 0 spiro atoms. The lowest BCUT2D eigenvalue weighted by atomic mass is 10.2. The van der Waals surface area contributed by atoms with Gasteiger partial charge in [0.1, 0.15) is 11.0 Å². The molecule has 0 saturated carbocycles. The van der Waals surface area contributed by atoms with Crippen LogP contribution in [0.2, 0.25) is 0 Å². The molecule has 1 aromatic carbocycles. The van der Waals surface area contributed by atoms with E-state index in [0.29, 0.717) is 23.6 Å². The molecule has 0 radical (unpaired) electrons. The Morgan fingerprint density at radius 2 is 2.21 bits per heavy atom. The molecule has 0 unspecified atom stereocenters. The molecule has 0 aliphatic carbocycles. The molecule has 0 amide bonds. The second kappa shape index (κ2) is 5.36. The Balaban J connectivity index is 2.31. The fourth-order valence-corrected chi connectivity index (χ4v) is 1.87. The lowest BCUT2D eigenvalue weighted by Gasteiger charge is -2.20. The summed E-state index contributed by atoms with van der Waals surface area (Å²) in [7, 11) is 2.03. The molecule has 2 aromatic rings. The Hall–Kier alpha value is -1.95. The summed E-state index contributed by atoms with van der Waals surface area (Å²) < 4.78 is 1.66. The highest BCUT2D eigenvalue weighted by Crippen LogP contribution is 2.16. The lowest BCUT2D eigenvalue weighted by molar-refractivity contribution is 0.0698. The molecule has 2 rings (SSSR count). The summed E-state index contributed by atoms with van der Waals surface area (Å²) in [4.78, 5) is 13.4. The average Bonchev–Trinajstić information content (AvgIpc) is 2.78. The minimum atomic E-state index is -0.952. The number of carboxylic acid groups (broad SMARTS) is 1. The number of aromatic nitrogens is 3. The summed E-state index contributed by atoms with van der Waals surface area (Å²) in [6.07, 6.45) is 0. The van der Waals surface area contributed by atoms with Gasteiger partial charge in [-0.05, 0) is 33.0 Å². The van der Waals surface area contributed by atoms with Gasteiger partial charge in [-0.3, -0.25) is 0 Å². The van der Waals surface area contributed by atoms with E-state index in [1.54, 1.807) is 22.9 Å². The molecule has 19 heavy (non-hydrogen) atoms. The quantitative estimate of drug-likeness (QED) is 0.883. The first-order valence-electron chi connectivity index (χ1n) is 6.26. The summed E-state index contributed by atoms with van der Waals surface area (Å²) in [5.41, 5.74) is 1.45. The summed E-state index contributed by atoms with van der Waals surface area (Å²) in [6, 6.07) is 5.48. The monoisotopic (exact) mass is 262 g/mol. The van der Waals surface area contributed by atoms with Crippen LogP contribution in [0, 0.1) is 0 Å². The molecule has 0 aliphatic rings. The van der Waals surface area contributed by atoms with E-state index in [4.69, 9.17) is 0 Å². The van der Waals surface area contributed by atoms with Gasteiger partial charge in [-0.25, -0.2) is 9.48 Å². The van der Waals surface area contributed by atoms with Crippen molar-refractivity contribution < 1.29 is 9.90 Å². The largest absolute Gasteiger partial charge is 0.478 e. The normalized spacial score (nSPS) is 11.6. The highest BCUT2D eigenvalue weighted by Gasteiger charge is 2.14. The van der Waals surface area contributed by atoms with Crippen molar-refractivity contribution in [2.45, 2.75) is 26.4 Å². The third kappa shape index (κ3) is 2.73. The summed E-state index contributed by atoms with van der Waals surface area (Å²) in [5, 5.41) is 17.3. The summed E-state index contributed by atoms with van der Waals surface area (Å²) in [5.74, 6) is -0.952. The Morgan fingerprint density at radius 1 is 1.47 bits per heavy atom. The molecule has 1 N–H and O–H groups in total. The minimum absolute atomic E-state index is 0.245. The maximum atomic E-state index is 11.2. The van der Waals surface area contributed by atoms with Crippen LogP contribution in [0.1, 0.15) is 24.2 Å². The van der Waals surface area contributed by atoms with Crippen molar-refractivity contribution in [1.82, 2.24) is 19.9 Å². The fraction of sp³-hybridized carbons (Fsp3) is 0.462. The topological polar surface area (TPSA) is 71.2 Å². The Bertz CT molecular complexity index is 591. The van der Waals surface area contributed by atoms with Gasteiger partial charge >= 0.3 is 5.97 Å². The van der Waals surface area contributed by atoms with Gasteiger partial charge in [-0.2, -0.15) is 0 Å². The van der Waals surface area contributed by atoms with Gasteiger partial charge in [0, 0.05) is 12.6 Å². The smallest absolute Gasteiger partial charge is 0.337 e. The van der Waals surface area contributed by atoms with E-state index in [1.807, 2.05) is 7.05 Å². The third-order valence-electron chi connectivity index (χ3n) is 3.31. The Kier molecular flexibility index (Phi) is 3.80. The second-order valence-electron chi connectivity index (χ2n) is 4.87. The number of aromatic carboxylic acids is 1. The number of hydrogen-bond acceptors (Lipinski definition) is 4. The van der Waals surface area contributed by atoms with Gasteiger partial charge in [0.25, 0.3) is 0 Å². The van der Waals surface area contributed by atoms with Gasteiger partial charge in [-0.15, -0.1) is 5.10 Å². The predicted molar refractivity (Wildman–Crippen MR) is 72.3 cm³/mol. The van der Waals surface area contributed by atoms with Crippen LogP contribution in [0.3, 0.4) is 0 Å². The van der Waals surface area contributed by atoms with Crippen molar-refractivity contribution >= 4 is 17.0 Å². The number of para-hydroxylation sites is 1. The van der Waals surface area contributed by atoms with E-state index in [-0.39, 0.29) is 5.56 Å². The Morgan fingerprint density at radius 3 is 2.84 bits per heavy atom. The van der Waals surface area contributed by atoms with Crippen LogP contribution in [0.5, 0.6) is 0 Å².